The van der Waals surface area contributed by atoms with E-state index >= 15 is 0 Å². The van der Waals surface area contributed by atoms with Gasteiger partial charge in [-0.05, 0) is 69.5 Å². The van der Waals surface area contributed by atoms with Gasteiger partial charge in [0.05, 0.1) is 41.2 Å². The second-order valence-electron chi connectivity index (χ2n) is 9.19. The number of halogens is 6. The van der Waals surface area contributed by atoms with Gasteiger partial charge >= 0.3 is 18.5 Å². The summed E-state index contributed by atoms with van der Waals surface area (Å²) in [5.41, 5.74) is -2.12. The predicted molar refractivity (Wildman–Crippen MR) is 124 cm³/mol. The molecule has 1 aliphatic heterocycles. The Hall–Kier alpha value is -3.51. The van der Waals surface area contributed by atoms with Crippen LogP contribution in [-0.4, -0.2) is 34.6 Å². The highest BCUT2D eigenvalue weighted by Gasteiger charge is 2.38. The van der Waals surface area contributed by atoms with Gasteiger partial charge in [0.15, 0.2) is 0 Å². The third-order valence-corrected chi connectivity index (χ3v) is 5.76. The van der Waals surface area contributed by atoms with E-state index in [1.807, 2.05) is 0 Å². The molecule has 2 heterocycles. The summed E-state index contributed by atoms with van der Waals surface area (Å²) in [5.74, 6) is -0.580. The quantitative estimate of drug-likeness (QED) is 0.311. The maximum absolute atomic E-state index is 13.4. The molecule has 38 heavy (non-hydrogen) atoms. The molecule has 1 aliphatic rings. The molecular formula is C25H27F6N3O4. The molecule has 1 aromatic carbocycles. The fraction of sp³-hybridized carbons (Fsp3) is 0.480. The van der Waals surface area contributed by atoms with E-state index in [0.717, 1.165) is 0 Å². The molecular weight excluding hydrogens is 520 g/mol. The van der Waals surface area contributed by atoms with E-state index in [4.69, 9.17) is 9.57 Å². The lowest BCUT2D eigenvalue weighted by molar-refractivity contribution is -0.143. The van der Waals surface area contributed by atoms with Crippen LogP contribution in [0.2, 0.25) is 0 Å². The first-order valence-electron chi connectivity index (χ1n) is 11.8. The van der Waals surface area contributed by atoms with Crippen LogP contribution in [0.3, 0.4) is 0 Å². The fourth-order valence-electron chi connectivity index (χ4n) is 4.16. The summed E-state index contributed by atoms with van der Waals surface area (Å²) in [6, 6.07) is 3.68. The largest absolute Gasteiger partial charge is 0.533 e. The number of nitrogens with zero attached hydrogens (tertiary/aromatic N) is 3. The second-order valence-corrected chi connectivity index (χ2v) is 9.19. The van der Waals surface area contributed by atoms with Crippen LogP contribution in [0.25, 0.3) is 0 Å². The van der Waals surface area contributed by atoms with Crippen molar-refractivity contribution in [3.8, 4) is 0 Å². The molecule has 208 valence electrons. The van der Waals surface area contributed by atoms with E-state index in [0.29, 0.717) is 29.9 Å². The molecule has 0 aliphatic carbocycles. The molecule has 0 N–H and O–H groups in total. The van der Waals surface area contributed by atoms with Crippen molar-refractivity contribution < 1.29 is 45.5 Å². The Morgan fingerprint density at radius 1 is 1.08 bits per heavy atom. The van der Waals surface area contributed by atoms with Gasteiger partial charge in [-0.25, -0.2) is 9.86 Å². The van der Waals surface area contributed by atoms with Gasteiger partial charge < -0.3 is 14.5 Å². The van der Waals surface area contributed by atoms with Gasteiger partial charge in [0.2, 0.25) is 5.91 Å². The summed E-state index contributed by atoms with van der Waals surface area (Å²) in [4.78, 5) is 35.9. The third kappa shape index (κ3) is 7.07. The highest BCUT2D eigenvalue weighted by Crippen LogP contribution is 2.39. The van der Waals surface area contributed by atoms with Gasteiger partial charge in [-0.3, -0.25) is 9.78 Å². The first-order chi connectivity index (χ1) is 17.6. The Balaban J connectivity index is 2.04. The Kier molecular flexibility index (Phi) is 8.47. The minimum absolute atomic E-state index is 0.0406. The van der Waals surface area contributed by atoms with Gasteiger partial charge in [-0.1, -0.05) is 0 Å². The number of benzene rings is 1. The standard InChI is InChI=1S/C25H27F6N3O4/c1-14(2)37-23(36)38-34-9-5-6-20(22-21(34)8-7-15(3)32-22)33(16(4)35)13-17-10-18(24(26,27)28)12-19(11-17)25(29,30)31/h7-8,10-12,14,20H,5-6,9,13H2,1-4H3. The average molecular weight is 547 g/mol. The first kappa shape index (κ1) is 29.1. The molecule has 2 aromatic rings. The molecule has 1 amide bonds. The number of aromatic nitrogens is 1. The average Bonchev–Trinajstić information content (AvgIpc) is 2.94. The fourth-order valence-corrected chi connectivity index (χ4v) is 4.16. The minimum Gasteiger partial charge on any atom is -0.430 e. The molecule has 0 spiro atoms. The highest BCUT2D eigenvalue weighted by molar-refractivity contribution is 5.74. The van der Waals surface area contributed by atoms with Crippen LogP contribution >= 0.6 is 0 Å². The van der Waals surface area contributed by atoms with Crippen LogP contribution in [0.5, 0.6) is 0 Å². The maximum Gasteiger partial charge on any atom is 0.533 e. The number of anilines is 1. The normalized spacial score (nSPS) is 16.1. The number of ether oxygens (including phenoxy) is 1. The smallest absolute Gasteiger partial charge is 0.430 e. The zero-order valence-corrected chi connectivity index (χ0v) is 21.1. The van der Waals surface area contributed by atoms with Crippen molar-refractivity contribution in [3.05, 3.63) is 58.4 Å². The van der Waals surface area contributed by atoms with E-state index in [2.05, 4.69) is 4.98 Å². The van der Waals surface area contributed by atoms with Gasteiger partial charge in [0.1, 0.15) is 0 Å². The lowest BCUT2D eigenvalue weighted by Crippen LogP contribution is -2.34. The van der Waals surface area contributed by atoms with Gasteiger partial charge in [-0.2, -0.15) is 26.3 Å². The van der Waals surface area contributed by atoms with Crippen molar-refractivity contribution in [2.75, 3.05) is 11.6 Å². The number of carbonyl (C=O) groups is 2. The van der Waals surface area contributed by atoms with Crippen LogP contribution in [0.1, 0.15) is 67.7 Å². The summed E-state index contributed by atoms with van der Waals surface area (Å²) in [5, 5.41) is 1.26. The second kappa shape index (κ2) is 11.1. The SMILES string of the molecule is CC(=O)N(Cc1cc(C(F)(F)F)cc(C(F)(F)F)c1)C1CCCN(OC(=O)OC(C)C)c2ccc(C)nc21. The minimum atomic E-state index is -5.02. The molecule has 3 rings (SSSR count). The number of carbonyl (C=O) groups excluding carboxylic acids is 2. The van der Waals surface area contributed by atoms with Crippen LogP contribution in [0, 0.1) is 6.92 Å². The number of hydrogen-bond acceptors (Lipinski definition) is 6. The van der Waals surface area contributed by atoms with Crippen LogP contribution < -0.4 is 5.06 Å². The van der Waals surface area contributed by atoms with Crippen LogP contribution in [0.15, 0.2) is 30.3 Å². The maximum atomic E-state index is 13.4. The Labute approximate surface area is 215 Å². The summed E-state index contributed by atoms with van der Waals surface area (Å²) < 4.78 is 85.4. The Morgan fingerprint density at radius 3 is 2.21 bits per heavy atom. The third-order valence-electron chi connectivity index (χ3n) is 5.76. The van der Waals surface area contributed by atoms with E-state index in [1.54, 1.807) is 32.9 Å². The van der Waals surface area contributed by atoms with Crippen LogP contribution in [-0.2, 0) is 33.3 Å². The predicted octanol–water partition coefficient (Wildman–Crippen LogP) is 6.59. The number of aryl methyl sites for hydroxylation is 1. The summed E-state index contributed by atoms with van der Waals surface area (Å²) in [6.07, 6.45) is -10.8. The molecule has 0 radical (unpaired) electrons. The van der Waals surface area contributed by atoms with Crippen molar-refractivity contribution >= 4 is 17.7 Å². The zero-order chi connectivity index (χ0) is 28.4. The lowest BCUT2D eigenvalue weighted by Gasteiger charge is -2.31. The zero-order valence-electron chi connectivity index (χ0n) is 21.1. The first-order valence-corrected chi connectivity index (χ1v) is 11.8. The number of hydroxylamine groups is 1. The van der Waals surface area contributed by atoms with E-state index < -0.39 is 54.2 Å². The Morgan fingerprint density at radius 2 is 1.68 bits per heavy atom. The molecule has 1 aromatic heterocycles. The molecule has 13 heteroatoms. The molecule has 0 saturated heterocycles. The molecule has 0 saturated carbocycles. The van der Waals surface area contributed by atoms with E-state index in [9.17, 15) is 35.9 Å². The molecule has 0 bridgehead atoms. The molecule has 7 nitrogen and oxygen atoms in total. The molecule has 1 atom stereocenters. The number of pyridine rings is 1. The number of amides is 1. The number of hydrogen-bond donors (Lipinski definition) is 0. The van der Waals surface area contributed by atoms with Crippen molar-refractivity contribution in [3.63, 3.8) is 0 Å². The van der Waals surface area contributed by atoms with Crippen molar-refractivity contribution in [1.82, 2.24) is 9.88 Å². The van der Waals surface area contributed by atoms with Crippen LogP contribution in [0.4, 0.5) is 36.8 Å². The van der Waals surface area contributed by atoms with E-state index in [-0.39, 0.29) is 30.3 Å². The van der Waals surface area contributed by atoms with Crippen molar-refractivity contribution in [2.45, 2.75) is 71.6 Å². The van der Waals surface area contributed by atoms with Crippen molar-refractivity contribution in [2.24, 2.45) is 0 Å². The number of fused-ring (bicyclic) bond motifs is 1. The van der Waals surface area contributed by atoms with Gasteiger partial charge in [-0.15, -0.1) is 0 Å². The van der Waals surface area contributed by atoms with Gasteiger partial charge in [0.25, 0.3) is 0 Å². The molecule has 1 unspecified atom stereocenters. The summed E-state index contributed by atoms with van der Waals surface area (Å²) in [7, 11) is 0. The topological polar surface area (TPSA) is 72.0 Å². The highest BCUT2D eigenvalue weighted by atomic mass is 19.4. The number of alkyl halides is 6. The van der Waals surface area contributed by atoms with Gasteiger partial charge in [0, 0.05) is 19.2 Å². The Bertz CT molecular complexity index is 1150. The summed E-state index contributed by atoms with van der Waals surface area (Å²) >= 11 is 0. The lowest BCUT2D eigenvalue weighted by atomic mass is 10.0. The van der Waals surface area contributed by atoms with Crippen molar-refractivity contribution in [1.29, 1.82) is 0 Å². The number of rotatable bonds is 5. The molecule has 0 fully saturated rings. The summed E-state index contributed by atoms with van der Waals surface area (Å²) in [6.45, 7) is 5.80. The van der Waals surface area contributed by atoms with E-state index in [1.165, 1.54) is 16.9 Å². The monoisotopic (exact) mass is 547 g/mol.